The van der Waals surface area contributed by atoms with E-state index in [0.717, 1.165) is 37.1 Å². The van der Waals surface area contributed by atoms with Gasteiger partial charge in [-0.15, -0.1) is 0 Å². The Labute approximate surface area is 121 Å². The minimum absolute atomic E-state index is 0.0270. The summed E-state index contributed by atoms with van der Waals surface area (Å²) in [5, 5.41) is 3.39. The van der Waals surface area contributed by atoms with Gasteiger partial charge in [-0.3, -0.25) is 4.79 Å². The Bertz CT molecular complexity index is 487. The molecule has 1 amide bonds. The van der Waals surface area contributed by atoms with Gasteiger partial charge in [-0.25, -0.2) is 8.78 Å². The number of nitrogens with two attached hydrogens (primary N) is 1. The summed E-state index contributed by atoms with van der Waals surface area (Å²) >= 11 is 1.88. The zero-order valence-corrected chi connectivity index (χ0v) is 12.1. The van der Waals surface area contributed by atoms with Gasteiger partial charge in [0.2, 0.25) is 0 Å². The normalized spacial score (nSPS) is 21.9. The van der Waals surface area contributed by atoms with Crippen molar-refractivity contribution in [1.82, 2.24) is 5.32 Å². The van der Waals surface area contributed by atoms with Crippen LogP contribution in [0.25, 0.3) is 0 Å². The number of anilines is 1. The second-order valence-corrected chi connectivity index (χ2v) is 6.49. The lowest BCUT2D eigenvalue weighted by atomic mass is 10.1. The third kappa shape index (κ3) is 3.42. The summed E-state index contributed by atoms with van der Waals surface area (Å²) in [6, 6.07) is 2.03. The Morgan fingerprint density at radius 1 is 1.40 bits per heavy atom. The number of carbonyl (C=O) groups is 1. The van der Waals surface area contributed by atoms with Crippen LogP contribution in [0.4, 0.5) is 14.5 Å². The summed E-state index contributed by atoms with van der Waals surface area (Å²) in [6.45, 7) is 2.11. The molecule has 1 fully saturated rings. The Hall–Kier alpha value is -1.30. The van der Waals surface area contributed by atoms with Crippen molar-refractivity contribution in [2.75, 3.05) is 11.5 Å². The topological polar surface area (TPSA) is 55.1 Å². The van der Waals surface area contributed by atoms with Crippen LogP contribution < -0.4 is 11.1 Å². The van der Waals surface area contributed by atoms with E-state index in [2.05, 4.69) is 12.2 Å². The van der Waals surface area contributed by atoms with Crippen molar-refractivity contribution >= 4 is 23.4 Å². The van der Waals surface area contributed by atoms with Gasteiger partial charge < -0.3 is 11.1 Å². The zero-order chi connectivity index (χ0) is 14.7. The molecule has 6 heteroatoms. The summed E-state index contributed by atoms with van der Waals surface area (Å²) in [6.07, 6.45) is 2.88. The molecular formula is C14H18F2N2OS. The van der Waals surface area contributed by atoms with Crippen molar-refractivity contribution < 1.29 is 13.6 Å². The second kappa shape index (κ2) is 6.43. The summed E-state index contributed by atoms with van der Waals surface area (Å²) in [5.74, 6) is -1.20. The van der Waals surface area contributed by atoms with Crippen molar-refractivity contribution in [3.63, 3.8) is 0 Å². The number of hydrogen-bond acceptors (Lipinski definition) is 3. The van der Waals surface area contributed by atoms with Crippen LogP contribution in [0.3, 0.4) is 0 Å². The maximum absolute atomic E-state index is 13.3. The quantitative estimate of drug-likeness (QED) is 0.841. The Kier molecular flexibility index (Phi) is 4.86. The number of amides is 1. The Morgan fingerprint density at radius 3 is 2.65 bits per heavy atom. The average molecular weight is 300 g/mol. The maximum Gasteiger partial charge on any atom is 0.251 e. The van der Waals surface area contributed by atoms with E-state index in [9.17, 15) is 13.6 Å². The van der Waals surface area contributed by atoms with Crippen LogP contribution >= 0.6 is 11.8 Å². The lowest BCUT2D eigenvalue weighted by Gasteiger charge is -2.13. The molecule has 2 rings (SSSR count). The number of carbonyl (C=O) groups excluding carboxylic acids is 1. The predicted octanol–water partition coefficient (Wildman–Crippen LogP) is 2.95. The molecule has 110 valence electrons. The van der Waals surface area contributed by atoms with Crippen LogP contribution in [-0.4, -0.2) is 23.0 Å². The molecule has 0 spiro atoms. The molecule has 3 N–H and O–H groups in total. The smallest absolute Gasteiger partial charge is 0.251 e. The second-order valence-electron chi connectivity index (χ2n) is 4.91. The fraction of sp³-hybridized carbons (Fsp3) is 0.500. The van der Waals surface area contributed by atoms with Crippen LogP contribution in [0.5, 0.6) is 0 Å². The first-order chi connectivity index (χ1) is 9.51. The largest absolute Gasteiger partial charge is 0.394 e. The van der Waals surface area contributed by atoms with E-state index in [1.54, 1.807) is 0 Å². The summed E-state index contributed by atoms with van der Waals surface area (Å²) in [4.78, 5) is 12.0. The fourth-order valence-electron chi connectivity index (χ4n) is 2.44. The number of nitrogen functional groups attached to an aromatic ring is 1. The molecule has 0 heterocycles. The molecule has 1 aromatic rings. The lowest BCUT2D eigenvalue weighted by Crippen LogP contribution is -2.33. The molecular weight excluding hydrogens is 282 g/mol. The van der Waals surface area contributed by atoms with Gasteiger partial charge in [0, 0.05) is 16.9 Å². The van der Waals surface area contributed by atoms with Crippen LogP contribution in [0.1, 0.15) is 36.5 Å². The average Bonchev–Trinajstić information content (AvgIpc) is 2.83. The highest BCUT2D eigenvalue weighted by atomic mass is 32.2. The number of benzene rings is 1. The van der Waals surface area contributed by atoms with E-state index in [1.165, 1.54) is 0 Å². The first-order valence-corrected chi connectivity index (χ1v) is 7.73. The molecule has 1 saturated carbocycles. The van der Waals surface area contributed by atoms with E-state index >= 15 is 0 Å². The molecule has 1 aromatic carbocycles. The number of nitrogens with one attached hydrogen (secondary N) is 1. The van der Waals surface area contributed by atoms with Gasteiger partial charge in [0.25, 0.3) is 5.91 Å². The van der Waals surface area contributed by atoms with Gasteiger partial charge in [-0.1, -0.05) is 6.92 Å². The molecule has 2 unspecified atom stereocenters. The van der Waals surface area contributed by atoms with Crippen LogP contribution in [0, 0.1) is 11.6 Å². The summed E-state index contributed by atoms with van der Waals surface area (Å²) < 4.78 is 26.7. The summed E-state index contributed by atoms with van der Waals surface area (Å²) in [7, 11) is 0. The van der Waals surface area contributed by atoms with Crippen molar-refractivity contribution in [3.05, 3.63) is 29.3 Å². The molecule has 0 radical (unpaired) electrons. The van der Waals surface area contributed by atoms with Gasteiger partial charge >= 0.3 is 0 Å². The third-order valence-electron chi connectivity index (χ3n) is 3.46. The Morgan fingerprint density at radius 2 is 2.05 bits per heavy atom. The zero-order valence-electron chi connectivity index (χ0n) is 11.3. The lowest BCUT2D eigenvalue weighted by molar-refractivity contribution is 0.0937. The van der Waals surface area contributed by atoms with Crippen molar-refractivity contribution in [3.8, 4) is 0 Å². The van der Waals surface area contributed by atoms with E-state index in [0.29, 0.717) is 5.25 Å². The van der Waals surface area contributed by atoms with Gasteiger partial charge in [0.15, 0.2) is 0 Å². The molecule has 0 bridgehead atoms. The van der Waals surface area contributed by atoms with Gasteiger partial charge in [-0.2, -0.15) is 11.8 Å². The van der Waals surface area contributed by atoms with E-state index in [4.69, 9.17) is 5.73 Å². The van der Waals surface area contributed by atoms with Crippen molar-refractivity contribution in [2.45, 2.75) is 37.5 Å². The van der Waals surface area contributed by atoms with E-state index in [1.807, 2.05) is 11.8 Å². The van der Waals surface area contributed by atoms with Crippen LogP contribution in [0.15, 0.2) is 12.1 Å². The highest BCUT2D eigenvalue weighted by Crippen LogP contribution is 2.30. The van der Waals surface area contributed by atoms with Crippen molar-refractivity contribution in [1.29, 1.82) is 0 Å². The molecule has 2 atom stereocenters. The third-order valence-corrected chi connectivity index (χ3v) is 4.70. The monoisotopic (exact) mass is 300 g/mol. The van der Waals surface area contributed by atoms with Crippen molar-refractivity contribution in [2.24, 2.45) is 0 Å². The molecule has 0 aromatic heterocycles. The predicted molar refractivity (Wildman–Crippen MR) is 77.8 cm³/mol. The molecule has 20 heavy (non-hydrogen) atoms. The molecule has 3 nitrogen and oxygen atoms in total. The first kappa shape index (κ1) is 15.1. The Balaban J connectivity index is 1.99. The van der Waals surface area contributed by atoms with Crippen LogP contribution in [0.2, 0.25) is 0 Å². The number of rotatable bonds is 4. The number of hydrogen-bond donors (Lipinski definition) is 2. The molecule has 0 aliphatic heterocycles. The summed E-state index contributed by atoms with van der Waals surface area (Å²) in [5.41, 5.74) is 4.60. The van der Waals surface area contributed by atoms with E-state index in [-0.39, 0.29) is 11.6 Å². The van der Waals surface area contributed by atoms with Gasteiger partial charge in [0.05, 0.1) is 0 Å². The van der Waals surface area contributed by atoms with Gasteiger partial charge in [0.1, 0.15) is 17.3 Å². The maximum atomic E-state index is 13.3. The molecule has 0 saturated heterocycles. The SMILES string of the molecule is CCSC1CCC(NC(=O)c2cc(F)c(N)c(F)c2)C1. The van der Waals surface area contributed by atoms with E-state index < -0.39 is 23.2 Å². The van der Waals surface area contributed by atoms with Gasteiger partial charge in [-0.05, 0) is 37.1 Å². The highest BCUT2D eigenvalue weighted by molar-refractivity contribution is 7.99. The molecule has 1 aliphatic rings. The minimum Gasteiger partial charge on any atom is -0.394 e. The molecule has 1 aliphatic carbocycles. The number of halogens is 2. The number of thioether (sulfide) groups is 1. The standard InChI is InChI=1S/C14H18F2N2OS/c1-2-20-10-4-3-9(7-10)18-14(19)8-5-11(15)13(17)12(16)6-8/h5-6,9-10H,2-4,7,17H2,1H3,(H,18,19). The highest BCUT2D eigenvalue weighted by Gasteiger charge is 2.26. The first-order valence-electron chi connectivity index (χ1n) is 6.68. The minimum atomic E-state index is -0.902. The van der Waals surface area contributed by atoms with Crippen LogP contribution in [-0.2, 0) is 0 Å². The fourth-order valence-corrected chi connectivity index (χ4v) is 3.58.